The molecule has 0 aliphatic heterocycles. The number of benzene rings is 1. The molecule has 0 saturated heterocycles. The number of hydrogen-bond donors (Lipinski definition) is 1. The van der Waals surface area contributed by atoms with Crippen molar-refractivity contribution in [3.05, 3.63) is 54.2 Å². The van der Waals surface area contributed by atoms with Crippen molar-refractivity contribution in [3.8, 4) is 11.5 Å². The molecular formula is C15H15N3O2S. The quantitative estimate of drug-likeness (QED) is 0.734. The summed E-state index contributed by atoms with van der Waals surface area (Å²) >= 11 is 1.56. The van der Waals surface area contributed by atoms with E-state index in [1.165, 1.54) is 0 Å². The zero-order chi connectivity index (χ0) is 14.7. The molecule has 5 nitrogen and oxygen atoms in total. The summed E-state index contributed by atoms with van der Waals surface area (Å²) in [6, 6.07) is 9.81. The fourth-order valence-corrected chi connectivity index (χ4v) is 2.78. The third-order valence-corrected chi connectivity index (χ3v) is 4.20. The highest BCUT2D eigenvalue weighted by atomic mass is 32.2. The third-order valence-electron chi connectivity index (χ3n) is 3.13. The Balaban J connectivity index is 1.69. The van der Waals surface area contributed by atoms with Crippen LogP contribution in [0, 0.1) is 0 Å². The number of hydrogen-bond acceptors (Lipinski definition) is 5. The van der Waals surface area contributed by atoms with E-state index in [-0.39, 0.29) is 6.61 Å². The van der Waals surface area contributed by atoms with Gasteiger partial charge >= 0.3 is 0 Å². The van der Waals surface area contributed by atoms with Crippen LogP contribution in [0.25, 0.3) is 11.5 Å². The molecule has 0 saturated carbocycles. The van der Waals surface area contributed by atoms with Crippen LogP contribution in [0.3, 0.4) is 0 Å². The van der Waals surface area contributed by atoms with Gasteiger partial charge in [-0.1, -0.05) is 30.0 Å². The minimum atomic E-state index is -0.00776. The van der Waals surface area contributed by atoms with Gasteiger partial charge in [0.1, 0.15) is 6.26 Å². The van der Waals surface area contributed by atoms with Crippen LogP contribution in [0.15, 0.2) is 52.4 Å². The zero-order valence-corrected chi connectivity index (χ0v) is 12.4. The fourth-order valence-electron chi connectivity index (χ4n) is 1.93. The maximum absolute atomic E-state index is 9.15. The average molecular weight is 301 g/mol. The van der Waals surface area contributed by atoms with Crippen LogP contribution in [0.4, 0.5) is 0 Å². The van der Waals surface area contributed by atoms with Gasteiger partial charge in [-0.05, 0) is 12.1 Å². The molecule has 0 atom stereocenters. The summed E-state index contributed by atoms with van der Waals surface area (Å²) < 4.78 is 7.38. The number of thioether (sulfide) groups is 1. The maximum Gasteiger partial charge on any atom is 0.226 e. The van der Waals surface area contributed by atoms with Crippen molar-refractivity contribution in [1.82, 2.24) is 14.5 Å². The number of oxazole rings is 1. The molecule has 108 valence electrons. The summed E-state index contributed by atoms with van der Waals surface area (Å²) in [5, 5.41) is 10.00. The van der Waals surface area contributed by atoms with E-state index in [2.05, 4.69) is 9.97 Å². The monoisotopic (exact) mass is 301 g/mol. The third kappa shape index (κ3) is 3.01. The van der Waals surface area contributed by atoms with Crippen LogP contribution >= 0.6 is 11.8 Å². The number of aliphatic hydroxyl groups is 1. The summed E-state index contributed by atoms with van der Waals surface area (Å²) in [7, 11) is 1.89. The molecule has 0 fully saturated rings. The van der Waals surface area contributed by atoms with E-state index in [1.807, 2.05) is 41.9 Å². The van der Waals surface area contributed by atoms with Crippen molar-refractivity contribution < 1.29 is 9.52 Å². The smallest absolute Gasteiger partial charge is 0.226 e. The second kappa shape index (κ2) is 6.15. The SMILES string of the molecule is Cn1c(CO)cnc1SCc1coc(-c2ccccc2)n1. The van der Waals surface area contributed by atoms with E-state index >= 15 is 0 Å². The molecule has 0 spiro atoms. The summed E-state index contributed by atoms with van der Waals surface area (Å²) in [5.41, 5.74) is 2.63. The largest absolute Gasteiger partial charge is 0.444 e. The van der Waals surface area contributed by atoms with Crippen LogP contribution < -0.4 is 0 Å². The number of aliphatic hydroxyl groups excluding tert-OH is 1. The highest BCUT2D eigenvalue weighted by Gasteiger charge is 2.10. The van der Waals surface area contributed by atoms with Crippen molar-refractivity contribution in [3.63, 3.8) is 0 Å². The predicted molar refractivity (Wildman–Crippen MR) is 80.6 cm³/mol. The van der Waals surface area contributed by atoms with Crippen molar-refractivity contribution in [2.75, 3.05) is 0 Å². The normalized spacial score (nSPS) is 11.0. The van der Waals surface area contributed by atoms with Gasteiger partial charge in [0.2, 0.25) is 5.89 Å². The Morgan fingerprint density at radius 3 is 2.81 bits per heavy atom. The first-order chi connectivity index (χ1) is 10.3. The lowest BCUT2D eigenvalue weighted by atomic mass is 10.2. The maximum atomic E-state index is 9.15. The van der Waals surface area contributed by atoms with Crippen LogP contribution in [0.1, 0.15) is 11.4 Å². The van der Waals surface area contributed by atoms with E-state index in [0.29, 0.717) is 11.6 Å². The molecule has 0 amide bonds. The molecule has 1 aromatic carbocycles. The van der Waals surface area contributed by atoms with E-state index in [4.69, 9.17) is 9.52 Å². The lowest BCUT2D eigenvalue weighted by Gasteiger charge is -2.02. The Kier molecular flexibility index (Phi) is 4.08. The summed E-state index contributed by atoms with van der Waals surface area (Å²) in [6.45, 7) is -0.00776. The molecule has 0 aliphatic carbocycles. The lowest BCUT2D eigenvalue weighted by Crippen LogP contribution is -1.97. The summed E-state index contributed by atoms with van der Waals surface area (Å²) in [4.78, 5) is 8.75. The molecule has 3 rings (SSSR count). The standard InChI is InChI=1S/C15H15N3O2S/c1-18-13(8-19)7-16-15(18)21-10-12-9-20-14(17-12)11-5-3-2-4-6-11/h2-7,9,19H,8,10H2,1H3. The Labute approximate surface area is 126 Å². The van der Waals surface area contributed by atoms with Crippen LogP contribution in [0.5, 0.6) is 0 Å². The van der Waals surface area contributed by atoms with Gasteiger partial charge in [0.15, 0.2) is 5.16 Å². The Morgan fingerprint density at radius 1 is 1.29 bits per heavy atom. The number of nitrogens with zero attached hydrogens (tertiary/aromatic N) is 3. The molecule has 21 heavy (non-hydrogen) atoms. The van der Waals surface area contributed by atoms with Crippen molar-refractivity contribution >= 4 is 11.8 Å². The van der Waals surface area contributed by atoms with Gasteiger partial charge in [0.25, 0.3) is 0 Å². The van der Waals surface area contributed by atoms with Crippen molar-refractivity contribution in [1.29, 1.82) is 0 Å². The zero-order valence-electron chi connectivity index (χ0n) is 11.6. The topological polar surface area (TPSA) is 64.1 Å². The molecule has 1 N–H and O–H groups in total. The molecule has 6 heteroatoms. The van der Waals surface area contributed by atoms with Gasteiger partial charge in [0.05, 0.1) is 24.2 Å². The highest BCUT2D eigenvalue weighted by Crippen LogP contribution is 2.24. The first-order valence-corrected chi connectivity index (χ1v) is 7.50. The van der Waals surface area contributed by atoms with Crippen LogP contribution in [-0.2, 0) is 19.4 Å². The van der Waals surface area contributed by atoms with E-state index in [0.717, 1.165) is 22.1 Å². The van der Waals surface area contributed by atoms with Gasteiger partial charge in [0, 0.05) is 18.4 Å². The molecule has 0 aliphatic rings. The second-order valence-corrected chi connectivity index (χ2v) is 5.49. The lowest BCUT2D eigenvalue weighted by molar-refractivity contribution is 0.271. The van der Waals surface area contributed by atoms with Gasteiger partial charge in [-0.3, -0.25) is 0 Å². The molecule has 0 radical (unpaired) electrons. The van der Waals surface area contributed by atoms with Gasteiger partial charge < -0.3 is 14.1 Å². The average Bonchev–Trinajstić information content (AvgIpc) is 3.13. The van der Waals surface area contributed by atoms with Gasteiger partial charge in [-0.25, -0.2) is 9.97 Å². The molecule has 2 heterocycles. The minimum absolute atomic E-state index is 0.00776. The van der Waals surface area contributed by atoms with Crippen LogP contribution in [0.2, 0.25) is 0 Å². The first-order valence-electron chi connectivity index (χ1n) is 6.52. The van der Waals surface area contributed by atoms with Crippen LogP contribution in [-0.4, -0.2) is 19.6 Å². The van der Waals surface area contributed by atoms with E-state index in [9.17, 15) is 0 Å². The Morgan fingerprint density at radius 2 is 2.10 bits per heavy atom. The van der Waals surface area contributed by atoms with E-state index in [1.54, 1.807) is 24.2 Å². The minimum Gasteiger partial charge on any atom is -0.444 e. The second-order valence-electron chi connectivity index (χ2n) is 4.55. The fraction of sp³-hybridized carbons (Fsp3) is 0.200. The molecule has 0 bridgehead atoms. The van der Waals surface area contributed by atoms with E-state index < -0.39 is 0 Å². The Bertz CT molecular complexity index is 722. The number of aromatic nitrogens is 3. The molecular weight excluding hydrogens is 286 g/mol. The van der Waals surface area contributed by atoms with Crippen molar-refractivity contribution in [2.24, 2.45) is 7.05 Å². The Hall–Kier alpha value is -2.05. The summed E-state index contributed by atoms with van der Waals surface area (Å²) in [5.74, 6) is 1.30. The number of rotatable bonds is 5. The van der Waals surface area contributed by atoms with Gasteiger partial charge in [-0.15, -0.1) is 0 Å². The first kappa shape index (κ1) is 13.9. The highest BCUT2D eigenvalue weighted by molar-refractivity contribution is 7.98. The number of imidazole rings is 1. The van der Waals surface area contributed by atoms with Crippen molar-refractivity contribution in [2.45, 2.75) is 17.5 Å². The molecule has 0 unspecified atom stereocenters. The van der Waals surface area contributed by atoms with Gasteiger partial charge in [-0.2, -0.15) is 0 Å². The molecule has 2 aromatic heterocycles. The predicted octanol–water partition coefficient (Wildman–Crippen LogP) is 2.86. The molecule has 3 aromatic rings. The summed E-state index contributed by atoms with van der Waals surface area (Å²) in [6.07, 6.45) is 3.35.